The number of carbonyl (C=O) groups is 1. The van der Waals surface area contributed by atoms with E-state index >= 15 is 0 Å². The maximum Gasteiger partial charge on any atom is 0.231 e. The van der Waals surface area contributed by atoms with E-state index in [1.165, 1.54) is 0 Å². The van der Waals surface area contributed by atoms with Gasteiger partial charge in [-0.1, -0.05) is 0 Å². The molecule has 1 amide bonds. The molecule has 146 valence electrons. The average molecular weight is 382 g/mol. The highest BCUT2D eigenvalue weighted by Gasteiger charge is 2.28. The topological polar surface area (TPSA) is 69.6 Å². The lowest BCUT2D eigenvalue weighted by atomic mass is 10.1. The Morgan fingerprint density at radius 3 is 2.43 bits per heavy atom. The summed E-state index contributed by atoms with van der Waals surface area (Å²) in [5, 5.41) is 0. The van der Waals surface area contributed by atoms with E-state index in [2.05, 4.69) is 4.99 Å². The lowest BCUT2D eigenvalue weighted by Gasteiger charge is -2.17. The quantitative estimate of drug-likeness (QED) is 0.795. The molecule has 4 rings (SSSR count). The van der Waals surface area contributed by atoms with Crippen molar-refractivity contribution in [3.63, 3.8) is 0 Å². The molecule has 2 aromatic rings. The van der Waals surface area contributed by atoms with Crippen LogP contribution in [0.5, 0.6) is 17.2 Å². The van der Waals surface area contributed by atoms with Crippen molar-refractivity contribution in [1.82, 2.24) is 0 Å². The Balaban J connectivity index is 1.58. The summed E-state index contributed by atoms with van der Waals surface area (Å²) in [4.78, 5) is 18.1. The standard InChI is InChI=1S/C21H22N2O5/c1-23-15-6-5-12(7-13(15)10-19(23)24)21-22-11-18(28-21)14-8-16(25-2)20(27-4)17(9-14)26-3/h5-9,18H,10-11H2,1-4H3. The number of fused-ring (bicyclic) bond motifs is 1. The van der Waals surface area contributed by atoms with Crippen molar-refractivity contribution in [2.24, 2.45) is 4.99 Å². The van der Waals surface area contributed by atoms with E-state index in [4.69, 9.17) is 18.9 Å². The molecule has 0 bridgehead atoms. The number of aliphatic imine (C=N–C) groups is 1. The molecule has 0 N–H and O–H groups in total. The van der Waals surface area contributed by atoms with Gasteiger partial charge in [0.05, 0.1) is 34.3 Å². The van der Waals surface area contributed by atoms with Gasteiger partial charge in [0, 0.05) is 23.9 Å². The predicted molar refractivity (Wildman–Crippen MR) is 105 cm³/mol. The lowest BCUT2D eigenvalue weighted by Crippen LogP contribution is -2.20. The SMILES string of the molecule is COc1cc(C2CN=C(c3ccc4c(c3)CC(=O)N4C)O2)cc(OC)c1OC. The normalized spacial score (nSPS) is 17.9. The van der Waals surface area contributed by atoms with Crippen LogP contribution in [-0.2, 0) is 16.0 Å². The zero-order valence-corrected chi connectivity index (χ0v) is 16.3. The minimum Gasteiger partial charge on any atom is -0.493 e. The highest BCUT2D eigenvalue weighted by Crippen LogP contribution is 2.41. The third kappa shape index (κ3) is 2.93. The number of carbonyl (C=O) groups excluding carboxylic acids is 1. The summed E-state index contributed by atoms with van der Waals surface area (Å²) in [6, 6.07) is 9.60. The van der Waals surface area contributed by atoms with E-state index in [9.17, 15) is 4.79 Å². The third-order valence-corrected chi connectivity index (χ3v) is 5.12. The summed E-state index contributed by atoms with van der Waals surface area (Å²) in [6.45, 7) is 0.490. The van der Waals surface area contributed by atoms with Gasteiger partial charge in [-0.05, 0) is 35.9 Å². The first-order valence-electron chi connectivity index (χ1n) is 8.96. The summed E-state index contributed by atoms with van der Waals surface area (Å²) < 4.78 is 22.3. The Kier molecular flexibility index (Phi) is 4.58. The molecule has 2 heterocycles. The zero-order chi connectivity index (χ0) is 19.8. The minimum atomic E-state index is -0.249. The predicted octanol–water partition coefficient (Wildman–Crippen LogP) is 2.75. The number of hydrogen-bond donors (Lipinski definition) is 0. The Morgan fingerprint density at radius 2 is 1.79 bits per heavy atom. The monoisotopic (exact) mass is 382 g/mol. The molecular weight excluding hydrogens is 360 g/mol. The number of likely N-dealkylation sites (N-methyl/N-ethyl adjacent to an activating group) is 1. The molecule has 28 heavy (non-hydrogen) atoms. The van der Waals surface area contributed by atoms with Crippen molar-refractivity contribution in [3.05, 3.63) is 47.0 Å². The number of benzene rings is 2. The summed E-state index contributed by atoms with van der Waals surface area (Å²) in [5.74, 6) is 2.36. The van der Waals surface area contributed by atoms with Gasteiger partial charge in [0.1, 0.15) is 6.10 Å². The number of anilines is 1. The number of rotatable bonds is 5. The highest BCUT2D eigenvalue weighted by molar-refractivity contribution is 6.03. The molecule has 0 radical (unpaired) electrons. The van der Waals surface area contributed by atoms with Crippen LogP contribution in [0.15, 0.2) is 35.3 Å². The molecule has 2 aliphatic rings. The number of nitrogens with zero attached hydrogens (tertiary/aromatic N) is 2. The summed E-state index contributed by atoms with van der Waals surface area (Å²) in [5.41, 5.74) is 3.70. The Hall–Kier alpha value is -3.22. The summed E-state index contributed by atoms with van der Waals surface area (Å²) in [6.07, 6.45) is 0.157. The van der Waals surface area contributed by atoms with Crippen LogP contribution in [-0.4, -0.2) is 46.7 Å². The first-order valence-corrected chi connectivity index (χ1v) is 8.96. The molecule has 0 saturated heterocycles. The van der Waals surface area contributed by atoms with Gasteiger partial charge in [-0.15, -0.1) is 0 Å². The molecule has 0 spiro atoms. The smallest absolute Gasteiger partial charge is 0.231 e. The number of amides is 1. The number of hydrogen-bond acceptors (Lipinski definition) is 6. The van der Waals surface area contributed by atoms with Crippen LogP contribution in [0.1, 0.15) is 22.8 Å². The van der Waals surface area contributed by atoms with Crippen molar-refractivity contribution < 1.29 is 23.7 Å². The Labute approximate surface area is 163 Å². The fourth-order valence-electron chi connectivity index (χ4n) is 3.60. The molecule has 0 aliphatic carbocycles. The van der Waals surface area contributed by atoms with Crippen molar-refractivity contribution >= 4 is 17.5 Å². The van der Waals surface area contributed by atoms with Crippen LogP contribution >= 0.6 is 0 Å². The molecule has 7 heteroatoms. The second kappa shape index (κ2) is 7.07. The molecule has 7 nitrogen and oxygen atoms in total. The number of ether oxygens (including phenoxy) is 4. The summed E-state index contributed by atoms with van der Waals surface area (Å²) >= 11 is 0. The van der Waals surface area contributed by atoms with Crippen LogP contribution in [0, 0.1) is 0 Å². The van der Waals surface area contributed by atoms with Gasteiger partial charge < -0.3 is 23.8 Å². The van der Waals surface area contributed by atoms with Gasteiger partial charge >= 0.3 is 0 Å². The van der Waals surface area contributed by atoms with Gasteiger partial charge in [-0.25, -0.2) is 4.99 Å². The van der Waals surface area contributed by atoms with E-state index < -0.39 is 0 Å². The number of methoxy groups -OCH3 is 3. The van der Waals surface area contributed by atoms with Crippen molar-refractivity contribution in [2.45, 2.75) is 12.5 Å². The van der Waals surface area contributed by atoms with E-state index in [0.717, 1.165) is 22.4 Å². The third-order valence-electron chi connectivity index (χ3n) is 5.12. The van der Waals surface area contributed by atoms with Crippen molar-refractivity contribution in [1.29, 1.82) is 0 Å². The van der Waals surface area contributed by atoms with Gasteiger partial charge in [-0.2, -0.15) is 0 Å². The van der Waals surface area contributed by atoms with Crippen LogP contribution < -0.4 is 19.1 Å². The summed E-state index contributed by atoms with van der Waals surface area (Å²) in [7, 11) is 6.53. The average Bonchev–Trinajstić information content (AvgIpc) is 3.32. The second-order valence-electron chi connectivity index (χ2n) is 6.68. The van der Waals surface area contributed by atoms with Crippen LogP contribution in [0.2, 0.25) is 0 Å². The molecule has 2 aliphatic heterocycles. The van der Waals surface area contributed by atoms with Gasteiger partial charge in [0.25, 0.3) is 0 Å². The van der Waals surface area contributed by atoms with Gasteiger partial charge in [-0.3, -0.25) is 4.79 Å². The molecule has 1 unspecified atom stereocenters. The van der Waals surface area contributed by atoms with Gasteiger partial charge in [0.15, 0.2) is 11.5 Å². The molecule has 2 aromatic carbocycles. The lowest BCUT2D eigenvalue weighted by molar-refractivity contribution is -0.117. The highest BCUT2D eigenvalue weighted by atomic mass is 16.5. The molecule has 1 atom stereocenters. The van der Waals surface area contributed by atoms with E-state index in [0.29, 0.717) is 36.1 Å². The van der Waals surface area contributed by atoms with Crippen molar-refractivity contribution in [3.8, 4) is 17.2 Å². The fourth-order valence-corrected chi connectivity index (χ4v) is 3.60. The van der Waals surface area contributed by atoms with E-state index in [1.54, 1.807) is 33.3 Å². The molecule has 0 saturated carbocycles. The van der Waals surface area contributed by atoms with Crippen LogP contribution in [0.25, 0.3) is 0 Å². The largest absolute Gasteiger partial charge is 0.493 e. The fraction of sp³-hybridized carbons (Fsp3) is 0.333. The zero-order valence-electron chi connectivity index (χ0n) is 16.3. The van der Waals surface area contributed by atoms with E-state index in [-0.39, 0.29) is 12.0 Å². The minimum absolute atomic E-state index is 0.0942. The maximum absolute atomic E-state index is 11.9. The van der Waals surface area contributed by atoms with Crippen LogP contribution in [0.3, 0.4) is 0 Å². The molecular formula is C21H22N2O5. The van der Waals surface area contributed by atoms with Gasteiger partial charge in [0.2, 0.25) is 17.6 Å². The van der Waals surface area contributed by atoms with Crippen LogP contribution in [0.4, 0.5) is 5.69 Å². The maximum atomic E-state index is 11.9. The Morgan fingerprint density at radius 1 is 1.07 bits per heavy atom. The second-order valence-corrected chi connectivity index (χ2v) is 6.68. The Bertz CT molecular complexity index is 944. The first-order chi connectivity index (χ1) is 13.5. The molecule has 0 fully saturated rings. The molecule has 0 aromatic heterocycles. The van der Waals surface area contributed by atoms with E-state index in [1.807, 2.05) is 30.3 Å². The van der Waals surface area contributed by atoms with Crippen molar-refractivity contribution in [2.75, 3.05) is 39.8 Å². The first kappa shape index (κ1) is 18.2.